The van der Waals surface area contributed by atoms with Crippen LogP contribution in [0, 0.1) is 0 Å². The Hall–Kier alpha value is -1.43. The SMILES string of the molecule is CN=C(NCc1cc(OC)c(OC)c(OC)c1)NC1CCS(=O)(=O)C1.I. The monoisotopic (exact) mass is 499 g/mol. The number of nitrogens with zero attached hydrogens (tertiary/aromatic N) is 1. The second-order valence-electron chi connectivity index (χ2n) is 5.70. The zero-order chi connectivity index (χ0) is 18.4. The van der Waals surface area contributed by atoms with Crippen LogP contribution in [-0.4, -0.2) is 60.3 Å². The van der Waals surface area contributed by atoms with E-state index in [9.17, 15) is 8.42 Å². The highest BCUT2D eigenvalue weighted by atomic mass is 127. The zero-order valence-electron chi connectivity index (χ0n) is 15.4. The molecule has 0 amide bonds. The van der Waals surface area contributed by atoms with Gasteiger partial charge in [0.25, 0.3) is 0 Å². The minimum absolute atomic E-state index is 0. The van der Waals surface area contributed by atoms with Crippen LogP contribution >= 0.6 is 24.0 Å². The van der Waals surface area contributed by atoms with Crippen LogP contribution in [-0.2, 0) is 16.4 Å². The number of halogens is 1. The summed E-state index contributed by atoms with van der Waals surface area (Å²) in [6.45, 7) is 0.468. The number of guanidine groups is 1. The van der Waals surface area contributed by atoms with Gasteiger partial charge in [0.05, 0.1) is 32.8 Å². The van der Waals surface area contributed by atoms with Crippen LogP contribution in [0.5, 0.6) is 17.2 Å². The molecule has 1 atom stereocenters. The molecule has 0 bridgehead atoms. The molecule has 1 aromatic rings. The van der Waals surface area contributed by atoms with Crippen molar-refractivity contribution in [3.05, 3.63) is 17.7 Å². The fourth-order valence-electron chi connectivity index (χ4n) is 2.72. The molecule has 0 aliphatic carbocycles. The topological polar surface area (TPSA) is 98.2 Å². The number of benzene rings is 1. The van der Waals surface area contributed by atoms with Crippen LogP contribution in [0.2, 0.25) is 0 Å². The molecular weight excluding hydrogens is 473 g/mol. The molecule has 1 unspecified atom stereocenters. The Bertz CT molecular complexity index is 714. The Morgan fingerprint density at radius 1 is 1.19 bits per heavy atom. The van der Waals surface area contributed by atoms with Crippen LogP contribution in [0.3, 0.4) is 0 Å². The maximum absolute atomic E-state index is 11.6. The van der Waals surface area contributed by atoms with E-state index in [1.54, 1.807) is 28.4 Å². The normalized spacial score (nSPS) is 18.6. The van der Waals surface area contributed by atoms with Gasteiger partial charge in [-0.3, -0.25) is 4.99 Å². The Balaban J connectivity index is 0.00000338. The van der Waals surface area contributed by atoms with E-state index in [4.69, 9.17) is 14.2 Å². The Kier molecular flexibility index (Phi) is 8.74. The fraction of sp³-hybridized carbons (Fsp3) is 0.562. The molecule has 1 fully saturated rings. The number of sulfone groups is 1. The molecule has 1 aliphatic heterocycles. The van der Waals surface area contributed by atoms with Crippen molar-refractivity contribution in [2.24, 2.45) is 4.99 Å². The van der Waals surface area contributed by atoms with Crippen molar-refractivity contribution in [1.29, 1.82) is 0 Å². The summed E-state index contributed by atoms with van der Waals surface area (Å²) in [7, 11) is 3.40. The molecule has 0 spiro atoms. The van der Waals surface area contributed by atoms with Gasteiger partial charge in [0, 0.05) is 19.6 Å². The van der Waals surface area contributed by atoms with E-state index < -0.39 is 9.84 Å². The smallest absolute Gasteiger partial charge is 0.203 e. The van der Waals surface area contributed by atoms with Gasteiger partial charge in [-0.1, -0.05) is 0 Å². The number of ether oxygens (including phenoxy) is 3. The summed E-state index contributed by atoms with van der Waals surface area (Å²) in [6.07, 6.45) is 0.590. The van der Waals surface area contributed by atoms with Crippen molar-refractivity contribution in [3.63, 3.8) is 0 Å². The Labute approximate surface area is 171 Å². The second-order valence-corrected chi connectivity index (χ2v) is 7.93. The molecule has 2 N–H and O–H groups in total. The summed E-state index contributed by atoms with van der Waals surface area (Å²) in [5.74, 6) is 2.59. The molecular formula is C16H26IN3O5S. The summed E-state index contributed by atoms with van der Waals surface area (Å²) in [6, 6.07) is 3.58. The highest BCUT2D eigenvalue weighted by Crippen LogP contribution is 2.38. The molecule has 1 aromatic carbocycles. The van der Waals surface area contributed by atoms with Gasteiger partial charge in [0.15, 0.2) is 27.3 Å². The maximum Gasteiger partial charge on any atom is 0.203 e. The van der Waals surface area contributed by atoms with Crippen molar-refractivity contribution >= 4 is 39.8 Å². The summed E-state index contributed by atoms with van der Waals surface area (Å²) in [4.78, 5) is 4.15. The minimum Gasteiger partial charge on any atom is -0.493 e. The number of nitrogens with one attached hydrogen (secondary N) is 2. The van der Waals surface area contributed by atoms with Crippen LogP contribution in [0.4, 0.5) is 0 Å². The van der Waals surface area contributed by atoms with Gasteiger partial charge in [-0.15, -0.1) is 24.0 Å². The molecule has 2 rings (SSSR count). The summed E-state index contributed by atoms with van der Waals surface area (Å²) in [5.41, 5.74) is 0.913. The minimum atomic E-state index is -2.93. The van der Waals surface area contributed by atoms with Crippen molar-refractivity contribution in [2.75, 3.05) is 39.9 Å². The number of hydrogen-bond donors (Lipinski definition) is 2. The molecule has 0 radical (unpaired) electrons. The van der Waals surface area contributed by atoms with Gasteiger partial charge >= 0.3 is 0 Å². The number of aliphatic imine (C=N–C) groups is 1. The van der Waals surface area contributed by atoms with Crippen LogP contribution in [0.15, 0.2) is 17.1 Å². The molecule has 8 nitrogen and oxygen atoms in total. The van der Waals surface area contributed by atoms with Gasteiger partial charge in [-0.05, 0) is 24.1 Å². The molecule has 10 heteroatoms. The van der Waals surface area contributed by atoms with Crippen LogP contribution in [0.25, 0.3) is 0 Å². The molecule has 26 heavy (non-hydrogen) atoms. The van der Waals surface area contributed by atoms with Gasteiger partial charge < -0.3 is 24.8 Å². The predicted octanol–water partition coefficient (Wildman–Crippen LogP) is 1.18. The molecule has 0 aromatic heterocycles. The quantitative estimate of drug-likeness (QED) is 0.345. The molecule has 0 saturated carbocycles. The number of methoxy groups -OCH3 is 3. The van der Waals surface area contributed by atoms with Crippen molar-refractivity contribution in [1.82, 2.24) is 10.6 Å². The number of rotatable bonds is 6. The fourth-order valence-corrected chi connectivity index (χ4v) is 4.39. The third-order valence-corrected chi connectivity index (χ3v) is 5.75. The van der Waals surface area contributed by atoms with Crippen molar-refractivity contribution in [2.45, 2.75) is 19.0 Å². The largest absolute Gasteiger partial charge is 0.493 e. The molecule has 1 saturated heterocycles. The van der Waals surface area contributed by atoms with Crippen LogP contribution in [0.1, 0.15) is 12.0 Å². The lowest BCUT2D eigenvalue weighted by Crippen LogP contribution is -2.43. The summed E-state index contributed by atoms with van der Waals surface area (Å²) < 4.78 is 39.1. The van der Waals surface area contributed by atoms with E-state index in [0.29, 0.717) is 36.2 Å². The highest BCUT2D eigenvalue weighted by molar-refractivity contribution is 14.0. The van der Waals surface area contributed by atoms with E-state index in [-0.39, 0.29) is 41.5 Å². The van der Waals surface area contributed by atoms with E-state index >= 15 is 0 Å². The van der Waals surface area contributed by atoms with Gasteiger partial charge in [0.1, 0.15) is 0 Å². The summed E-state index contributed by atoms with van der Waals surface area (Å²) >= 11 is 0. The van der Waals surface area contributed by atoms with E-state index in [0.717, 1.165) is 5.56 Å². The molecule has 1 aliphatic rings. The van der Waals surface area contributed by atoms with E-state index in [1.807, 2.05) is 12.1 Å². The first-order valence-corrected chi connectivity index (χ1v) is 9.71. The lowest BCUT2D eigenvalue weighted by atomic mass is 10.2. The first-order chi connectivity index (χ1) is 11.9. The van der Waals surface area contributed by atoms with Gasteiger partial charge in [-0.2, -0.15) is 0 Å². The van der Waals surface area contributed by atoms with E-state index in [2.05, 4.69) is 15.6 Å². The maximum atomic E-state index is 11.6. The van der Waals surface area contributed by atoms with E-state index in [1.165, 1.54) is 0 Å². The predicted molar refractivity (Wildman–Crippen MR) is 112 cm³/mol. The first-order valence-electron chi connectivity index (χ1n) is 7.89. The average Bonchev–Trinajstić information content (AvgIpc) is 2.95. The second kappa shape index (κ2) is 10.0. The third kappa shape index (κ3) is 5.79. The Morgan fingerprint density at radius 3 is 2.23 bits per heavy atom. The number of hydrogen-bond acceptors (Lipinski definition) is 6. The Morgan fingerprint density at radius 2 is 1.81 bits per heavy atom. The lowest BCUT2D eigenvalue weighted by molar-refractivity contribution is 0.323. The van der Waals surface area contributed by atoms with Crippen molar-refractivity contribution < 1.29 is 22.6 Å². The zero-order valence-corrected chi connectivity index (χ0v) is 18.5. The third-order valence-electron chi connectivity index (χ3n) is 3.98. The average molecular weight is 499 g/mol. The molecule has 1 heterocycles. The summed E-state index contributed by atoms with van der Waals surface area (Å²) in [5, 5.41) is 6.32. The van der Waals surface area contributed by atoms with Crippen molar-refractivity contribution in [3.8, 4) is 17.2 Å². The molecule has 148 valence electrons. The van der Waals surface area contributed by atoms with Crippen LogP contribution < -0.4 is 24.8 Å². The highest BCUT2D eigenvalue weighted by Gasteiger charge is 2.28. The first kappa shape index (κ1) is 22.6. The van der Waals surface area contributed by atoms with Gasteiger partial charge in [-0.25, -0.2) is 8.42 Å². The van der Waals surface area contributed by atoms with Gasteiger partial charge in [0.2, 0.25) is 5.75 Å². The lowest BCUT2D eigenvalue weighted by Gasteiger charge is -2.17. The standard InChI is InChI=1S/C16H25N3O5S.HI/c1-17-16(19-12-5-6-25(20,21)10-12)18-9-11-7-13(22-2)15(24-4)14(8-11)23-3;/h7-8,12H,5-6,9-10H2,1-4H3,(H2,17,18,19);1H.